The van der Waals surface area contributed by atoms with Crippen molar-refractivity contribution in [1.82, 2.24) is 0 Å². The standard InChI is InChI=1S/C40H49NO12/c1-21-25(51-36(46)30(43)29(41)23-14-10-8-11-15-23)19-40(47)34(52-35(45)24-16-12-9-13-17-24)32-38(5,33(44)31(49-7)28(21)37(40,3)4)26(48-6)18-27-39(32,20-50-27)53-22(2)42/h8-17,25-27,29-32,34,43,47H,18-20,41H2,1-7H3/t25-,26-,27+,29+,30-,31+,32-,34-,38+,39-,40+/m0/s1. The van der Waals surface area contributed by atoms with Gasteiger partial charge in [0.1, 0.15) is 30.0 Å². The summed E-state index contributed by atoms with van der Waals surface area (Å²) < 4.78 is 36.6. The smallest absolute Gasteiger partial charge is 0.338 e. The van der Waals surface area contributed by atoms with E-state index in [0.29, 0.717) is 16.7 Å². The van der Waals surface area contributed by atoms with Crippen LogP contribution in [0, 0.1) is 16.7 Å². The number of nitrogens with two attached hydrogens (primary N) is 1. The zero-order valence-corrected chi connectivity index (χ0v) is 31.1. The predicted octanol–water partition coefficient (Wildman–Crippen LogP) is 3.00. The fraction of sp³-hybridized carbons (Fsp3) is 0.550. The molecule has 1 saturated heterocycles. The van der Waals surface area contributed by atoms with Gasteiger partial charge in [-0.15, -0.1) is 0 Å². The molecular formula is C40H49NO12. The quantitative estimate of drug-likeness (QED) is 0.194. The molecule has 1 aliphatic heterocycles. The summed E-state index contributed by atoms with van der Waals surface area (Å²) in [5.74, 6) is -4.26. The van der Waals surface area contributed by atoms with Crippen LogP contribution >= 0.6 is 0 Å². The lowest BCUT2D eigenvalue weighted by Gasteiger charge is -2.67. The molecule has 2 saturated carbocycles. The number of ether oxygens (including phenoxy) is 6. The molecule has 0 amide bonds. The second-order valence-corrected chi connectivity index (χ2v) is 15.4. The van der Waals surface area contributed by atoms with Crippen molar-refractivity contribution in [3.63, 3.8) is 0 Å². The second kappa shape index (κ2) is 14.0. The Labute approximate surface area is 308 Å². The first-order chi connectivity index (χ1) is 25.0. The van der Waals surface area contributed by atoms with Crippen LogP contribution in [0.1, 0.15) is 69.4 Å². The van der Waals surface area contributed by atoms with Crippen molar-refractivity contribution >= 4 is 23.7 Å². The lowest BCUT2D eigenvalue weighted by atomic mass is 9.44. The number of carbonyl (C=O) groups is 4. The van der Waals surface area contributed by atoms with Gasteiger partial charge in [-0.1, -0.05) is 62.4 Å². The highest BCUT2D eigenvalue weighted by atomic mass is 16.6. The van der Waals surface area contributed by atoms with Gasteiger partial charge in [-0.25, -0.2) is 9.59 Å². The van der Waals surface area contributed by atoms with Crippen molar-refractivity contribution in [3.8, 4) is 0 Å². The summed E-state index contributed by atoms with van der Waals surface area (Å²) in [6.45, 7) is 7.84. The van der Waals surface area contributed by atoms with E-state index in [1.54, 1.807) is 88.4 Å². The van der Waals surface area contributed by atoms with Gasteiger partial charge >= 0.3 is 17.9 Å². The summed E-state index contributed by atoms with van der Waals surface area (Å²) in [7, 11) is 2.82. The zero-order valence-electron chi connectivity index (χ0n) is 31.1. The first kappa shape index (κ1) is 38.7. The van der Waals surface area contributed by atoms with E-state index >= 15 is 4.79 Å². The van der Waals surface area contributed by atoms with Crippen LogP contribution in [0.15, 0.2) is 71.8 Å². The van der Waals surface area contributed by atoms with Gasteiger partial charge in [0.25, 0.3) is 0 Å². The van der Waals surface area contributed by atoms with Gasteiger partial charge in [-0.2, -0.15) is 0 Å². The molecule has 3 fully saturated rings. The number of rotatable bonds is 9. The molecule has 6 rings (SSSR count). The molecule has 4 N–H and O–H groups in total. The van der Waals surface area contributed by atoms with Gasteiger partial charge in [0.2, 0.25) is 0 Å². The van der Waals surface area contributed by atoms with Gasteiger partial charge in [-0.3, -0.25) is 9.59 Å². The SMILES string of the molecule is CO[C@H]1C(=O)[C@]2(C)[C@@H](OC)C[C@H]3OC[C@@]3(OC(C)=O)[C@H]2[C@H](OC(=O)c2ccccc2)[C@]2(O)C[C@H](OC(=O)[C@@H](O)[C@H](N)c3ccccc3)C(C)=C1C2(C)C. The van der Waals surface area contributed by atoms with Crippen LogP contribution in [0.3, 0.4) is 0 Å². The first-order valence-corrected chi connectivity index (χ1v) is 17.8. The van der Waals surface area contributed by atoms with E-state index < -0.39 is 94.3 Å². The Balaban J connectivity index is 1.56. The average molecular weight is 736 g/mol. The molecule has 13 heteroatoms. The van der Waals surface area contributed by atoms with Crippen LogP contribution in [0.5, 0.6) is 0 Å². The molecule has 0 radical (unpaired) electrons. The Hall–Kier alpha value is -3.98. The summed E-state index contributed by atoms with van der Waals surface area (Å²) in [4.78, 5) is 56.1. The zero-order chi connectivity index (χ0) is 38.7. The minimum absolute atomic E-state index is 0.151. The number of aliphatic hydroxyl groups is 2. The van der Waals surface area contributed by atoms with Gasteiger partial charge < -0.3 is 44.4 Å². The molecule has 13 nitrogen and oxygen atoms in total. The Bertz CT molecular complexity index is 1780. The minimum atomic E-state index is -2.14. The van der Waals surface area contributed by atoms with Crippen molar-refractivity contribution < 1.29 is 57.8 Å². The van der Waals surface area contributed by atoms with Gasteiger partial charge in [0, 0.05) is 39.4 Å². The number of esters is 3. The van der Waals surface area contributed by atoms with Crippen LogP contribution in [0.25, 0.3) is 0 Å². The van der Waals surface area contributed by atoms with Crippen LogP contribution in [0.2, 0.25) is 0 Å². The van der Waals surface area contributed by atoms with Crippen molar-refractivity contribution in [2.24, 2.45) is 22.5 Å². The van der Waals surface area contributed by atoms with E-state index in [1.807, 2.05) is 0 Å². The molecule has 4 aliphatic rings. The molecule has 53 heavy (non-hydrogen) atoms. The third-order valence-electron chi connectivity index (χ3n) is 12.4. The molecule has 2 bridgehead atoms. The number of benzene rings is 2. The highest BCUT2D eigenvalue weighted by molar-refractivity contribution is 5.94. The monoisotopic (exact) mass is 735 g/mol. The number of Topliss-reactive ketones (excluding diaryl/α,β-unsaturated/α-hetero) is 1. The number of hydrogen-bond donors (Lipinski definition) is 3. The molecule has 3 aliphatic carbocycles. The van der Waals surface area contributed by atoms with Crippen molar-refractivity contribution in [2.45, 2.75) is 101 Å². The van der Waals surface area contributed by atoms with E-state index in [9.17, 15) is 24.6 Å². The fourth-order valence-corrected chi connectivity index (χ4v) is 9.50. The van der Waals surface area contributed by atoms with Crippen molar-refractivity contribution in [2.75, 3.05) is 20.8 Å². The van der Waals surface area contributed by atoms with E-state index in [2.05, 4.69) is 0 Å². The molecule has 2 aromatic carbocycles. The molecule has 1 heterocycles. The minimum Gasteiger partial charge on any atom is -0.456 e. The molecule has 2 aromatic rings. The highest BCUT2D eigenvalue weighted by Crippen LogP contribution is 2.64. The number of fused-ring (bicyclic) bond motifs is 5. The number of hydrogen-bond acceptors (Lipinski definition) is 13. The van der Waals surface area contributed by atoms with Gasteiger partial charge in [0.15, 0.2) is 17.5 Å². The van der Waals surface area contributed by atoms with Gasteiger partial charge in [-0.05, 0) is 42.7 Å². The second-order valence-electron chi connectivity index (χ2n) is 15.4. The van der Waals surface area contributed by atoms with E-state index in [0.717, 1.165) is 0 Å². The van der Waals surface area contributed by atoms with Gasteiger partial charge in [0.05, 0.1) is 35.6 Å². The predicted molar refractivity (Wildman–Crippen MR) is 188 cm³/mol. The highest BCUT2D eigenvalue weighted by Gasteiger charge is 2.78. The largest absolute Gasteiger partial charge is 0.456 e. The molecule has 286 valence electrons. The summed E-state index contributed by atoms with van der Waals surface area (Å²) in [6.07, 6.45) is -7.80. The lowest BCUT2D eigenvalue weighted by molar-refractivity contribution is -0.347. The summed E-state index contributed by atoms with van der Waals surface area (Å²) in [6, 6.07) is 15.6. The average Bonchev–Trinajstić information content (AvgIpc) is 3.13. The molecule has 0 aromatic heterocycles. The fourth-order valence-electron chi connectivity index (χ4n) is 9.50. The molecule has 0 spiro atoms. The summed E-state index contributed by atoms with van der Waals surface area (Å²) in [5.41, 5.74) is 0.966. The van der Waals surface area contributed by atoms with Crippen LogP contribution in [-0.4, -0.2) is 103 Å². The van der Waals surface area contributed by atoms with Crippen molar-refractivity contribution in [1.29, 1.82) is 0 Å². The Morgan fingerprint density at radius 2 is 1.58 bits per heavy atom. The molecular weight excluding hydrogens is 686 g/mol. The van der Waals surface area contributed by atoms with Crippen LogP contribution in [0.4, 0.5) is 0 Å². The summed E-state index contributed by atoms with van der Waals surface area (Å²) in [5, 5.41) is 24.6. The Morgan fingerprint density at radius 3 is 2.13 bits per heavy atom. The number of ketones is 1. The Kier molecular flexibility index (Phi) is 10.2. The topological polar surface area (TPSA) is 190 Å². The third kappa shape index (κ3) is 5.92. The normalized spacial score (nSPS) is 35.6. The van der Waals surface area contributed by atoms with E-state index in [4.69, 9.17) is 34.2 Å². The number of carbonyl (C=O) groups excluding carboxylic acids is 4. The lowest BCUT2D eigenvalue weighted by Crippen LogP contribution is -2.82. The van der Waals surface area contributed by atoms with Crippen LogP contribution in [-0.2, 0) is 42.8 Å². The Morgan fingerprint density at radius 1 is 0.962 bits per heavy atom. The maximum atomic E-state index is 15.4. The first-order valence-electron chi connectivity index (χ1n) is 17.8. The van der Waals surface area contributed by atoms with E-state index in [1.165, 1.54) is 21.1 Å². The van der Waals surface area contributed by atoms with E-state index in [-0.39, 0.29) is 25.0 Å². The number of aliphatic hydroxyl groups excluding tert-OH is 1. The maximum Gasteiger partial charge on any atom is 0.338 e. The third-order valence-corrected chi connectivity index (χ3v) is 12.4. The molecule has 11 atom stereocenters. The van der Waals surface area contributed by atoms with Crippen LogP contribution < -0.4 is 5.73 Å². The van der Waals surface area contributed by atoms with Crippen molar-refractivity contribution in [3.05, 3.63) is 82.9 Å². The maximum absolute atomic E-state index is 15.4. The number of methoxy groups -OCH3 is 2. The molecule has 0 unspecified atom stereocenters. The summed E-state index contributed by atoms with van der Waals surface area (Å²) >= 11 is 0.